The minimum absolute atomic E-state index is 0.108. The van der Waals surface area contributed by atoms with Crippen molar-refractivity contribution in [3.05, 3.63) is 23.8 Å². The van der Waals surface area contributed by atoms with Crippen molar-refractivity contribution in [1.29, 1.82) is 5.26 Å². The van der Waals surface area contributed by atoms with Crippen molar-refractivity contribution in [3.8, 4) is 11.8 Å². The number of hydrogen-bond donors (Lipinski definition) is 0. The molecule has 1 aromatic rings. The summed E-state index contributed by atoms with van der Waals surface area (Å²) in [6.45, 7) is 7.27. The van der Waals surface area contributed by atoms with Gasteiger partial charge in [0.25, 0.3) is 0 Å². The van der Waals surface area contributed by atoms with Crippen LogP contribution in [0, 0.1) is 11.3 Å². The third-order valence-corrected chi connectivity index (χ3v) is 3.02. The molecule has 0 aliphatic carbocycles. The summed E-state index contributed by atoms with van der Waals surface area (Å²) >= 11 is 0. The fourth-order valence-corrected chi connectivity index (χ4v) is 1.79. The van der Waals surface area contributed by atoms with E-state index in [9.17, 15) is 0 Å². The largest absolute Gasteiger partial charge is 0.495 e. The van der Waals surface area contributed by atoms with E-state index < -0.39 is 0 Å². The van der Waals surface area contributed by atoms with Gasteiger partial charge in [-0.3, -0.25) is 0 Å². The summed E-state index contributed by atoms with van der Waals surface area (Å²) in [5.74, 6) is 0.850. The zero-order chi connectivity index (χ0) is 13.8. The van der Waals surface area contributed by atoms with Gasteiger partial charge >= 0.3 is 0 Å². The van der Waals surface area contributed by atoms with Gasteiger partial charge in [0.15, 0.2) is 0 Å². The van der Waals surface area contributed by atoms with Crippen LogP contribution in [-0.2, 0) is 5.41 Å². The van der Waals surface area contributed by atoms with Crippen LogP contribution in [0.5, 0.6) is 5.75 Å². The number of benzene rings is 1. The summed E-state index contributed by atoms with van der Waals surface area (Å²) in [4.78, 5) is 2.07. The van der Waals surface area contributed by atoms with Gasteiger partial charge in [-0.1, -0.05) is 26.8 Å². The first kappa shape index (κ1) is 14.4. The van der Waals surface area contributed by atoms with Crippen LogP contribution in [0.2, 0.25) is 0 Å². The molecule has 3 nitrogen and oxygen atoms in total. The number of rotatable bonds is 4. The van der Waals surface area contributed by atoms with Crippen molar-refractivity contribution in [2.75, 3.05) is 25.6 Å². The molecule has 0 bridgehead atoms. The van der Waals surface area contributed by atoms with Gasteiger partial charge in [0, 0.05) is 13.6 Å². The van der Waals surface area contributed by atoms with Crippen LogP contribution < -0.4 is 9.64 Å². The van der Waals surface area contributed by atoms with Crippen molar-refractivity contribution < 1.29 is 4.74 Å². The molecule has 0 saturated heterocycles. The molecule has 0 aliphatic heterocycles. The molecule has 0 aromatic heterocycles. The Morgan fingerprint density at radius 2 is 2.00 bits per heavy atom. The van der Waals surface area contributed by atoms with Crippen molar-refractivity contribution in [3.63, 3.8) is 0 Å². The minimum Gasteiger partial charge on any atom is -0.495 e. The summed E-state index contributed by atoms with van der Waals surface area (Å²) in [6.07, 6.45) is 0.513. The highest BCUT2D eigenvalue weighted by atomic mass is 16.5. The van der Waals surface area contributed by atoms with Gasteiger partial charge in [0.1, 0.15) is 5.75 Å². The maximum atomic E-state index is 8.66. The Bertz CT molecular complexity index is 441. The summed E-state index contributed by atoms with van der Waals surface area (Å²) in [5, 5.41) is 8.66. The van der Waals surface area contributed by atoms with Crippen LogP contribution in [0.25, 0.3) is 0 Å². The quantitative estimate of drug-likeness (QED) is 0.817. The lowest BCUT2D eigenvalue weighted by molar-refractivity contribution is 0.414. The van der Waals surface area contributed by atoms with E-state index in [0.29, 0.717) is 13.0 Å². The van der Waals surface area contributed by atoms with E-state index in [1.807, 2.05) is 13.1 Å². The van der Waals surface area contributed by atoms with Crippen molar-refractivity contribution in [2.45, 2.75) is 32.6 Å². The molecule has 0 heterocycles. The molecule has 0 spiro atoms. The fraction of sp³-hybridized carbons (Fsp3) is 0.533. The molecule has 0 fully saturated rings. The molecule has 3 heteroatoms. The van der Waals surface area contributed by atoms with Gasteiger partial charge in [0.05, 0.1) is 25.3 Å². The highest BCUT2D eigenvalue weighted by molar-refractivity contribution is 5.60. The van der Waals surface area contributed by atoms with Crippen LogP contribution in [0.3, 0.4) is 0 Å². The monoisotopic (exact) mass is 246 g/mol. The maximum Gasteiger partial charge on any atom is 0.142 e. The smallest absolute Gasteiger partial charge is 0.142 e. The van der Waals surface area contributed by atoms with Crippen molar-refractivity contribution in [2.24, 2.45) is 0 Å². The Balaban J connectivity index is 3.10. The number of nitrogens with zero attached hydrogens (tertiary/aromatic N) is 2. The molecule has 1 rings (SSSR count). The first-order valence-corrected chi connectivity index (χ1v) is 6.16. The Hall–Kier alpha value is -1.69. The second-order valence-corrected chi connectivity index (χ2v) is 5.47. The van der Waals surface area contributed by atoms with E-state index in [4.69, 9.17) is 10.00 Å². The zero-order valence-electron chi connectivity index (χ0n) is 11.9. The number of ether oxygens (including phenoxy) is 1. The number of methoxy groups -OCH3 is 1. The zero-order valence-corrected chi connectivity index (χ0v) is 11.9. The predicted molar refractivity (Wildman–Crippen MR) is 75.2 cm³/mol. The Morgan fingerprint density at radius 3 is 2.50 bits per heavy atom. The average Bonchev–Trinajstić information content (AvgIpc) is 2.34. The summed E-state index contributed by atoms with van der Waals surface area (Å²) < 4.78 is 5.39. The summed E-state index contributed by atoms with van der Waals surface area (Å²) in [6, 6.07) is 8.41. The van der Waals surface area contributed by atoms with Crippen molar-refractivity contribution >= 4 is 5.69 Å². The Kier molecular flexibility index (Phi) is 4.61. The van der Waals surface area contributed by atoms with Gasteiger partial charge in [-0.05, 0) is 23.1 Å². The number of anilines is 1. The molecule has 0 radical (unpaired) electrons. The Labute approximate surface area is 110 Å². The van der Waals surface area contributed by atoms with Crippen LogP contribution in [-0.4, -0.2) is 20.7 Å². The third kappa shape index (κ3) is 3.40. The van der Waals surface area contributed by atoms with Gasteiger partial charge in [-0.2, -0.15) is 5.26 Å². The van der Waals surface area contributed by atoms with E-state index in [0.717, 1.165) is 11.4 Å². The second-order valence-electron chi connectivity index (χ2n) is 5.47. The normalized spacial score (nSPS) is 10.9. The van der Waals surface area contributed by atoms with Crippen molar-refractivity contribution in [1.82, 2.24) is 0 Å². The Morgan fingerprint density at radius 1 is 1.33 bits per heavy atom. The lowest BCUT2D eigenvalue weighted by atomic mass is 9.86. The predicted octanol–water partition coefficient (Wildman–Crippen LogP) is 3.34. The lowest BCUT2D eigenvalue weighted by Crippen LogP contribution is -2.20. The van der Waals surface area contributed by atoms with Gasteiger partial charge < -0.3 is 9.64 Å². The molecular formula is C15H22N2O. The molecule has 0 aliphatic rings. The summed E-state index contributed by atoms with van der Waals surface area (Å²) in [7, 11) is 3.66. The molecule has 0 saturated carbocycles. The van der Waals surface area contributed by atoms with E-state index in [1.165, 1.54) is 5.56 Å². The molecule has 0 amide bonds. The highest BCUT2D eigenvalue weighted by Gasteiger charge is 2.17. The van der Waals surface area contributed by atoms with Gasteiger partial charge in [-0.15, -0.1) is 0 Å². The third-order valence-electron chi connectivity index (χ3n) is 3.02. The summed E-state index contributed by atoms with van der Waals surface area (Å²) in [5.41, 5.74) is 2.42. The molecule has 0 unspecified atom stereocenters. The topological polar surface area (TPSA) is 36.3 Å². The van der Waals surface area contributed by atoms with Crippen LogP contribution in [0.15, 0.2) is 18.2 Å². The van der Waals surface area contributed by atoms with Crippen LogP contribution >= 0.6 is 0 Å². The standard InChI is InChI=1S/C15H22N2O/c1-15(2,3)12-7-8-14(18-5)13(11-12)17(4)10-6-9-16/h7-8,11H,6,10H2,1-5H3. The molecule has 1 aromatic carbocycles. The minimum atomic E-state index is 0.108. The fourth-order valence-electron chi connectivity index (χ4n) is 1.79. The number of nitriles is 1. The first-order chi connectivity index (χ1) is 8.40. The van der Waals surface area contributed by atoms with E-state index >= 15 is 0 Å². The van der Waals surface area contributed by atoms with E-state index in [2.05, 4.69) is 43.9 Å². The SMILES string of the molecule is COc1ccc(C(C)(C)C)cc1N(C)CCC#N. The highest BCUT2D eigenvalue weighted by Crippen LogP contribution is 2.33. The molecular weight excluding hydrogens is 224 g/mol. The first-order valence-electron chi connectivity index (χ1n) is 6.16. The molecule has 18 heavy (non-hydrogen) atoms. The van der Waals surface area contributed by atoms with Gasteiger partial charge in [-0.25, -0.2) is 0 Å². The second kappa shape index (κ2) is 5.77. The van der Waals surface area contributed by atoms with Crippen LogP contribution in [0.4, 0.5) is 5.69 Å². The molecule has 98 valence electrons. The number of hydrogen-bond acceptors (Lipinski definition) is 3. The molecule has 0 N–H and O–H groups in total. The maximum absolute atomic E-state index is 8.66. The lowest BCUT2D eigenvalue weighted by Gasteiger charge is -2.25. The van der Waals surface area contributed by atoms with E-state index in [-0.39, 0.29) is 5.41 Å². The average molecular weight is 246 g/mol. The van der Waals surface area contributed by atoms with Gasteiger partial charge in [0.2, 0.25) is 0 Å². The van der Waals surface area contributed by atoms with E-state index in [1.54, 1.807) is 7.11 Å². The molecule has 0 atom stereocenters. The van der Waals surface area contributed by atoms with Crippen LogP contribution in [0.1, 0.15) is 32.8 Å².